The summed E-state index contributed by atoms with van der Waals surface area (Å²) in [4.78, 5) is 27.1. The van der Waals surface area contributed by atoms with E-state index in [0.717, 1.165) is 29.4 Å². The van der Waals surface area contributed by atoms with Crippen LogP contribution in [0.5, 0.6) is 0 Å². The second kappa shape index (κ2) is 7.40. The van der Waals surface area contributed by atoms with E-state index >= 15 is 0 Å². The van der Waals surface area contributed by atoms with E-state index in [9.17, 15) is 9.18 Å². The first-order valence-electron chi connectivity index (χ1n) is 10.1. The number of aryl methyl sites for hydroxylation is 1. The molecule has 152 valence electrons. The highest BCUT2D eigenvalue weighted by Gasteiger charge is 2.32. The number of fused-ring (bicyclic) bond motifs is 1. The van der Waals surface area contributed by atoms with Gasteiger partial charge < -0.3 is 14.5 Å². The number of carbonyl (C=O) groups is 1. The number of H-pyrrole nitrogens is 1. The molecule has 30 heavy (non-hydrogen) atoms. The van der Waals surface area contributed by atoms with Crippen molar-refractivity contribution in [2.24, 2.45) is 0 Å². The van der Waals surface area contributed by atoms with Crippen LogP contribution in [0.3, 0.4) is 0 Å². The van der Waals surface area contributed by atoms with E-state index in [4.69, 9.17) is 0 Å². The number of amides is 1. The molecule has 2 aromatic carbocycles. The molecule has 0 aliphatic carbocycles. The summed E-state index contributed by atoms with van der Waals surface area (Å²) in [6.07, 6.45) is 5.10. The molecule has 1 unspecified atom stereocenters. The summed E-state index contributed by atoms with van der Waals surface area (Å²) in [7, 11) is 0. The van der Waals surface area contributed by atoms with Gasteiger partial charge in [-0.15, -0.1) is 0 Å². The molecule has 1 aliphatic rings. The SMILES string of the molecule is Cc1ccc2ncn(CC(=O)N3CCCC3c3ncc(-c4ccccc4F)[nH]3)c2c1. The third-order valence-corrected chi connectivity index (χ3v) is 5.73. The molecule has 0 saturated carbocycles. The van der Waals surface area contributed by atoms with Crippen LogP contribution in [0.15, 0.2) is 55.0 Å². The lowest BCUT2D eigenvalue weighted by atomic mass is 10.1. The number of rotatable bonds is 4. The Morgan fingerprint density at radius 2 is 2.10 bits per heavy atom. The standard InChI is InChI=1S/C23H22FN5O/c1-15-8-9-18-21(11-15)28(14-26-18)13-22(30)29-10-4-7-20(29)23-25-12-19(27-23)16-5-2-3-6-17(16)24/h2-3,5-6,8-9,11-12,14,20H,4,7,10,13H2,1H3,(H,25,27). The molecule has 4 aromatic rings. The van der Waals surface area contributed by atoms with Gasteiger partial charge >= 0.3 is 0 Å². The summed E-state index contributed by atoms with van der Waals surface area (Å²) < 4.78 is 16.0. The normalized spacial score (nSPS) is 16.5. The Balaban J connectivity index is 1.38. The van der Waals surface area contributed by atoms with Crippen LogP contribution in [0.1, 0.15) is 30.3 Å². The van der Waals surface area contributed by atoms with Crippen molar-refractivity contribution in [1.29, 1.82) is 0 Å². The molecule has 1 atom stereocenters. The molecule has 6 nitrogen and oxygen atoms in total. The molecular weight excluding hydrogens is 381 g/mol. The number of halogens is 1. The molecule has 1 amide bonds. The predicted molar refractivity (Wildman–Crippen MR) is 112 cm³/mol. The number of hydrogen-bond donors (Lipinski definition) is 1. The van der Waals surface area contributed by atoms with Crippen LogP contribution in [0.25, 0.3) is 22.3 Å². The van der Waals surface area contributed by atoms with Gasteiger partial charge in [-0.05, 0) is 49.6 Å². The summed E-state index contributed by atoms with van der Waals surface area (Å²) in [5, 5.41) is 0. The Morgan fingerprint density at radius 1 is 1.23 bits per heavy atom. The first kappa shape index (κ1) is 18.5. The van der Waals surface area contributed by atoms with Gasteiger partial charge in [-0.2, -0.15) is 0 Å². The molecule has 1 aliphatic heterocycles. The highest BCUT2D eigenvalue weighted by Crippen LogP contribution is 2.32. The lowest BCUT2D eigenvalue weighted by molar-refractivity contribution is -0.132. The summed E-state index contributed by atoms with van der Waals surface area (Å²) in [6, 6.07) is 12.5. The number of aromatic nitrogens is 4. The van der Waals surface area contributed by atoms with Crippen molar-refractivity contribution < 1.29 is 9.18 Å². The zero-order valence-corrected chi connectivity index (χ0v) is 16.7. The first-order chi connectivity index (χ1) is 14.6. The summed E-state index contributed by atoms with van der Waals surface area (Å²) in [5.74, 6) is 0.432. The second-order valence-corrected chi connectivity index (χ2v) is 7.77. The molecule has 3 heterocycles. The number of aromatic amines is 1. The van der Waals surface area contributed by atoms with Gasteiger partial charge in [0.2, 0.25) is 5.91 Å². The van der Waals surface area contributed by atoms with Crippen LogP contribution in [-0.4, -0.2) is 36.9 Å². The van der Waals surface area contributed by atoms with Gasteiger partial charge in [0.1, 0.15) is 18.2 Å². The van der Waals surface area contributed by atoms with Crippen molar-refractivity contribution >= 4 is 16.9 Å². The fourth-order valence-electron chi connectivity index (χ4n) is 4.20. The van der Waals surface area contributed by atoms with E-state index in [1.165, 1.54) is 6.07 Å². The lowest BCUT2D eigenvalue weighted by Gasteiger charge is -2.23. The van der Waals surface area contributed by atoms with Gasteiger partial charge in [-0.25, -0.2) is 14.4 Å². The molecule has 0 bridgehead atoms. The number of nitrogens with zero attached hydrogens (tertiary/aromatic N) is 4. The van der Waals surface area contributed by atoms with Gasteiger partial charge in [-0.3, -0.25) is 4.79 Å². The van der Waals surface area contributed by atoms with Crippen LogP contribution in [0.2, 0.25) is 0 Å². The van der Waals surface area contributed by atoms with Crippen LogP contribution < -0.4 is 0 Å². The maximum atomic E-state index is 14.1. The van der Waals surface area contributed by atoms with Gasteiger partial charge in [-0.1, -0.05) is 18.2 Å². The Labute approximate surface area is 173 Å². The molecule has 1 N–H and O–H groups in total. The lowest BCUT2D eigenvalue weighted by Crippen LogP contribution is -2.33. The van der Waals surface area contributed by atoms with Gasteiger partial charge in [0.05, 0.1) is 35.3 Å². The second-order valence-electron chi connectivity index (χ2n) is 7.77. The minimum Gasteiger partial charge on any atom is -0.340 e. The molecule has 0 radical (unpaired) electrons. The van der Waals surface area contributed by atoms with Crippen molar-refractivity contribution in [1.82, 2.24) is 24.4 Å². The Morgan fingerprint density at radius 3 is 2.97 bits per heavy atom. The fourth-order valence-corrected chi connectivity index (χ4v) is 4.20. The number of carbonyl (C=O) groups excluding carboxylic acids is 1. The van der Waals surface area contributed by atoms with Crippen LogP contribution in [0.4, 0.5) is 4.39 Å². The summed E-state index contributed by atoms with van der Waals surface area (Å²) in [6.45, 7) is 2.95. The minimum absolute atomic E-state index is 0.0298. The minimum atomic E-state index is -0.297. The zero-order valence-electron chi connectivity index (χ0n) is 16.7. The average Bonchev–Trinajstić information content (AvgIpc) is 3.48. The largest absolute Gasteiger partial charge is 0.340 e. The molecule has 1 saturated heterocycles. The highest BCUT2D eigenvalue weighted by molar-refractivity contribution is 5.81. The molecule has 0 spiro atoms. The maximum Gasteiger partial charge on any atom is 0.243 e. The maximum absolute atomic E-state index is 14.1. The third kappa shape index (κ3) is 3.26. The average molecular weight is 403 g/mol. The number of nitrogens with one attached hydrogen (secondary N) is 1. The topological polar surface area (TPSA) is 66.8 Å². The van der Waals surface area contributed by atoms with E-state index in [2.05, 4.69) is 15.0 Å². The molecule has 7 heteroatoms. The van der Waals surface area contributed by atoms with Crippen LogP contribution in [-0.2, 0) is 11.3 Å². The number of imidazole rings is 2. The van der Waals surface area contributed by atoms with Crippen molar-refractivity contribution in [2.75, 3.05) is 6.54 Å². The number of hydrogen-bond acceptors (Lipinski definition) is 3. The Hall–Kier alpha value is -3.48. The van der Waals surface area contributed by atoms with Gasteiger partial charge in [0, 0.05) is 12.1 Å². The van der Waals surface area contributed by atoms with Crippen molar-refractivity contribution in [3.8, 4) is 11.3 Å². The summed E-state index contributed by atoms with van der Waals surface area (Å²) >= 11 is 0. The van der Waals surface area contributed by atoms with E-state index in [-0.39, 0.29) is 24.3 Å². The van der Waals surface area contributed by atoms with E-state index in [0.29, 0.717) is 23.6 Å². The van der Waals surface area contributed by atoms with E-state index in [1.807, 2.05) is 34.6 Å². The Kier molecular flexibility index (Phi) is 4.58. The number of benzene rings is 2. The van der Waals surface area contributed by atoms with Crippen LogP contribution >= 0.6 is 0 Å². The molecule has 1 fully saturated rings. The van der Waals surface area contributed by atoms with E-state index < -0.39 is 0 Å². The summed E-state index contributed by atoms with van der Waals surface area (Å²) in [5.41, 5.74) is 4.07. The molecule has 2 aromatic heterocycles. The molecule has 5 rings (SSSR count). The zero-order chi connectivity index (χ0) is 20.7. The Bertz CT molecular complexity index is 1230. The van der Waals surface area contributed by atoms with E-state index in [1.54, 1.807) is 30.7 Å². The highest BCUT2D eigenvalue weighted by atomic mass is 19.1. The number of likely N-dealkylation sites (tertiary alicyclic amines) is 1. The predicted octanol–water partition coefficient (Wildman–Crippen LogP) is 4.24. The quantitative estimate of drug-likeness (QED) is 0.554. The molecular formula is C23H22FN5O. The van der Waals surface area contributed by atoms with Crippen LogP contribution in [0, 0.1) is 12.7 Å². The smallest absolute Gasteiger partial charge is 0.243 e. The first-order valence-corrected chi connectivity index (χ1v) is 10.1. The van der Waals surface area contributed by atoms with Gasteiger partial charge in [0.15, 0.2) is 0 Å². The van der Waals surface area contributed by atoms with Crippen molar-refractivity contribution in [3.63, 3.8) is 0 Å². The van der Waals surface area contributed by atoms with Crippen molar-refractivity contribution in [3.05, 3.63) is 72.2 Å². The van der Waals surface area contributed by atoms with Gasteiger partial charge in [0.25, 0.3) is 0 Å². The fraction of sp³-hybridized carbons (Fsp3) is 0.261. The monoisotopic (exact) mass is 403 g/mol. The third-order valence-electron chi connectivity index (χ3n) is 5.73. The van der Waals surface area contributed by atoms with Crippen molar-refractivity contribution in [2.45, 2.75) is 32.4 Å².